The minimum atomic E-state index is 0. The Morgan fingerprint density at radius 1 is 1.47 bits per heavy atom. The van der Waals surface area contributed by atoms with Crippen molar-refractivity contribution in [3.8, 4) is 0 Å². The first-order valence-corrected chi connectivity index (χ1v) is 6.28. The molecule has 0 aliphatic carbocycles. The fraction of sp³-hybridized carbons (Fsp3) is 0.917. The second-order valence-electron chi connectivity index (χ2n) is 4.31. The highest BCUT2D eigenvalue weighted by atomic mass is 35.5. The molecule has 1 fully saturated rings. The van der Waals surface area contributed by atoms with Gasteiger partial charge in [0.1, 0.15) is 0 Å². The van der Waals surface area contributed by atoms with Gasteiger partial charge in [0.15, 0.2) is 0 Å². The molecule has 1 rings (SSSR count). The van der Waals surface area contributed by atoms with Crippen LogP contribution in [0.3, 0.4) is 0 Å². The molecule has 102 valence electrons. The van der Waals surface area contributed by atoms with Crippen LogP contribution in [0.1, 0.15) is 32.6 Å². The van der Waals surface area contributed by atoms with Crippen LogP contribution in [0.4, 0.5) is 0 Å². The summed E-state index contributed by atoms with van der Waals surface area (Å²) < 4.78 is 4.92. The standard InChI is InChI=1S/C12H24N2O2.ClH/c1-3-11-6-4-5-8-14(11)12(15)10-13-7-9-16-2;/h11,13H,3-10H2,1-2H3;1H. The summed E-state index contributed by atoms with van der Waals surface area (Å²) in [5.74, 6) is 0.239. The molecular weight excluding hydrogens is 240 g/mol. The van der Waals surface area contributed by atoms with E-state index in [-0.39, 0.29) is 18.3 Å². The van der Waals surface area contributed by atoms with Crippen LogP contribution in [0.5, 0.6) is 0 Å². The molecule has 1 heterocycles. The summed E-state index contributed by atoms with van der Waals surface area (Å²) in [5.41, 5.74) is 0. The third-order valence-electron chi connectivity index (χ3n) is 3.18. The van der Waals surface area contributed by atoms with Crippen molar-refractivity contribution in [2.75, 3.05) is 33.4 Å². The van der Waals surface area contributed by atoms with Crippen molar-refractivity contribution in [2.24, 2.45) is 0 Å². The molecule has 0 spiro atoms. The summed E-state index contributed by atoms with van der Waals surface area (Å²) in [7, 11) is 1.67. The largest absolute Gasteiger partial charge is 0.383 e. The van der Waals surface area contributed by atoms with Gasteiger partial charge in [-0.3, -0.25) is 4.79 Å². The third kappa shape index (κ3) is 5.70. The van der Waals surface area contributed by atoms with Crippen LogP contribution >= 0.6 is 12.4 Å². The molecule has 0 saturated carbocycles. The normalized spacial score (nSPS) is 19.9. The van der Waals surface area contributed by atoms with Crippen molar-refractivity contribution >= 4 is 18.3 Å². The number of ether oxygens (including phenoxy) is 1. The molecule has 1 aliphatic rings. The highest BCUT2D eigenvalue weighted by molar-refractivity contribution is 5.85. The smallest absolute Gasteiger partial charge is 0.236 e. The van der Waals surface area contributed by atoms with Gasteiger partial charge in [0.05, 0.1) is 13.2 Å². The number of nitrogens with one attached hydrogen (secondary N) is 1. The average molecular weight is 265 g/mol. The van der Waals surface area contributed by atoms with E-state index in [0.29, 0.717) is 19.2 Å². The monoisotopic (exact) mass is 264 g/mol. The van der Waals surface area contributed by atoms with E-state index >= 15 is 0 Å². The summed E-state index contributed by atoms with van der Waals surface area (Å²) in [6.07, 6.45) is 4.66. The van der Waals surface area contributed by atoms with Gasteiger partial charge < -0.3 is 15.0 Å². The Bertz CT molecular complexity index is 215. The second-order valence-corrected chi connectivity index (χ2v) is 4.31. The predicted molar refractivity (Wildman–Crippen MR) is 71.6 cm³/mol. The highest BCUT2D eigenvalue weighted by Crippen LogP contribution is 2.19. The number of carbonyl (C=O) groups is 1. The van der Waals surface area contributed by atoms with Crippen molar-refractivity contribution in [1.29, 1.82) is 0 Å². The zero-order valence-electron chi connectivity index (χ0n) is 10.9. The number of carbonyl (C=O) groups excluding carboxylic acids is 1. The molecule has 1 amide bonds. The number of likely N-dealkylation sites (tertiary alicyclic amines) is 1. The third-order valence-corrected chi connectivity index (χ3v) is 3.18. The summed E-state index contributed by atoms with van der Waals surface area (Å²) in [6.45, 7) is 4.94. The van der Waals surface area contributed by atoms with Gasteiger partial charge >= 0.3 is 0 Å². The summed E-state index contributed by atoms with van der Waals surface area (Å²) in [6, 6.07) is 0.463. The van der Waals surface area contributed by atoms with Crippen molar-refractivity contribution in [1.82, 2.24) is 10.2 Å². The maximum Gasteiger partial charge on any atom is 0.236 e. The van der Waals surface area contributed by atoms with Crippen LogP contribution < -0.4 is 5.32 Å². The van der Waals surface area contributed by atoms with Crippen LogP contribution in [-0.4, -0.2) is 50.2 Å². The van der Waals surface area contributed by atoms with Gasteiger partial charge in [-0.15, -0.1) is 12.4 Å². The Hall–Kier alpha value is -0.320. The fourth-order valence-corrected chi connectivity index (χ4v) is 2.22. The Morgan fingerprint density at radius 2 is 2.24 bits per heavy atom. The van der Waals surface area contributed by atoms with Gasteiger partial charge in [0.25, 0.3) is 0 Å². The molecule has 0 aromatic carbocycles. The molecule has 0 aromatic rings. The SMILES string of the molecule is CCC1CCCCN1C(=O)CNCCOC.Cl. The van der Waals surface area contributed by atoms with Gasteiger partial charge in [-0.25, -0.2) is 0 Å². The first-order valence-electron chi connectivity index (χ1n) is 6.28. The molecule has 1 atom stereocenters. The molecule has 0 aromatic heterocycles. The summed E-state index contributed by atoms with van der Waals surface area (Å²) >= 11 is 0. The number of rotatable bonds is 6. The number of hydrogen-bond donors (Lipinski definition) is 1. The molecule has 0 radical (unpaired) electrons. The predicted octanol–water partition coefficient (Wildman–Crippen LogP) is 1.44. The lowest BCUT2D eigenvalue weighted by Gasteiger charge is -2.35. The van der Waals surface area contributed by atoms with Crippen molar-refractivity contribution in [2.45, 2.75) is 38.6 Å². The minimum absolute atomic E-state index is 0. The highest BCUT2D eigenvalue weighted by Gasteiger charge is 2.24. The first kappa shape index (κ1) is 16.7. The van der Waals surface area contributed by atoms with Gasteiger partial charge in [0, 0.05) is 26.2 Å². The van der Waals surface area contributed by atoms with E-state index in [9.17, 15) is 4.79 Å². The molecule has 4 nitrogen and oxygen atoms in total. The maximum atomic E-state index is 12.0. The zero-order chi connectivity index (χ0) is 11.8. The van der Waals surface area contributed by atoms with E-state index < -0.39 is 0 Å². The van der Waals surface area contributed by atoms with Crippen molar-refractivity contribution < 1.29 is 9.53 Å². The van der Waals surface area contributed by atoms with E-state index in [4.69, 9.17) is 4.74 Å². The maximum absolute atomic E-state index is 12.0. The van der Waals surface area contributed by atoms with E-state index in [1.54, 1.807) is 7.11 Å². The van der Waals surface area contributed by atoms with Crippen molar-refractivity contribution in [3.05, 3.63) is 0 Å². The zero-order valence-corrected chi connectivity index (χ0v) is 11.7. The molecule has 0 bridgehead atoms. The first-order chi connectivity index (χ1) is 7.79. The van der Waals surface area contributed by atoms with Crippen LogP contribution in [0.2, 0.25) is 0 Å². The molecule has 1 N–H and O–H groups in total. The topological polar surface area (TPSA) is 41.6 Å². The lowest BCUT2D eigenvalue weighted by Crippen LogP contribution is -2.47. The van der Waals surface area contributed by atoms with Crippen LogP contribution in [0, 0.1) is 0 Å². The number of nitrogens with zero attached hydrogens (tertiary/aromatic N) is 1. The fourth-order valence-electron chi connectivity index (χ4n) is 2.22. The molecule has 1 aliphatic heterocycles. The quantitative estimate of drug-likeness (QED) is 0.738. The van der Waals surface area contributed by atoms with Crippen LogP contribution in [0.25, 0.3) is 0 Å². The molecule has 1 saturated heterocycles. The number of halogens is 1. The van der Waals surface area contributed by atoms with E-state index in [1.165, 1.54) is 12.8 Å². The minimum Gasteiger partial charge on any atom is -0.383 e. The van der Waals surface area contributed by atoms with Gasteiger partial charge in [-0.2, -0.15) is 0 Å². The van der Waals surface area contributed by atoms with E-state index in [2.05, 4.69) is 12.2 Å². The Balaban J connectivity index is 0.00000256. The number of amides is 1. The molecule has 5 heteroatoms. The van der Waals surface area contributed by atoms with Gasteiger partial charge in [-0.05, 0) is 25.7 Å². The van der Waals surface area contributed by atoms with Gasteiger partial charge in [0.2, 0.25) is 5.91 Å². The van der Waals surface area contributed by atoms with E-state index in [0.717, 1.165) is 25.9 Å². The summed E-state index contributed by atoms with van der Waals surface area (Å²) in [5, 5.41) is 3.11. The van der Waals surface area contributed by atoms with Crippen LogP contribution in [0.15, 0.2) is 0 Å². The Labute approximate surface area is 110 Å². The second kappa shape index (κ2) is 9.68. The van der Waals surface area contributed by atoms with E-state index in [1.807, 2.05) is 4.90 Å². The lowest BCUT2D eigenvalue weighted by molar-refractivity contribution is -0.133. The molecule has 1 unspecified atom stereocenters. The van der Waals surface area contributed by atoms with Gasteiger partial charge in [-0.1, -0.05) is 6.92 Å². The Kier molecular flexibility index (Phi) is 9.50. The molecular formula is C12H25ClN2O2. The van der Waals surface area contributed by atoms with Crippen molar-refractivity contribution in [3.63, 3.8) is 0 Å². The average Bonchev–Trinajstić information content (AvgIpc) is 2.34. The van der Waals surface area contributed by atoms with Crippen LogP contribution in [-0.2, 0) is 9.53 Å². The number of piperidine rings is 1. The summed E-state index contributed by atoms with van der Waals surface area (Å²) in [4.78, 5) is 14.0. The number of hydrogen-bond acceptors (Lipinski definition) is 3. The molecule has 17 heavy (non-hydrogen) atoms. The Morgan fingerprint density at radius 3 is 2.88 bits per heavy atom. The number of methoxy groups -OCH3 is 1. The lowest BCUT2D eigenvalue weighted by atomic mass is 10.00.